The Labute approximate surface area is 71.5 Å². The van der Waals surface area contributed by atoms with Gasteiger partial charge in [0.25, 0.3) is 0 Å². The van der Waals surface area contributed by atoms with Crippen molar-refractivity contribution in [1.82, 2.24) is 10.6 Å². The van der Waals surface area contributed by atoms with Crippen LogP contribution in [0, 0.1) is 0 Å². The Hall–Kier alpha value is -1.25. The van der Waals surface area contributed by atoms with Crippen molar-refractivity contribution in [2.24, 2.45) is 0 Å². The first-order valence-electron chi connectivity index (χ1n) is 4.08. The van der Waals surface area contributed by atoms with E-state index in [-0.39, 0.29) is 11.6 Å². The monoisotopic (exact) mass is 164 g/mol. The Morgan fingerprint density at radius 3 is 3.08 bits per heavy atom. The minimum absolute atomic E-state index is 0.0909. The van der Waals surface area contributed by atoms with Crippen LogP contribution in [0.4, 0.5) is 4.79 Å². The Morgan fingerprint density at radius 2 is 2.33 bits per heavy atom. The second-order valence-electron chi connectivity index (χ2n) is 3.62. The molecule has 2 aliphatic rings. The predicted octanol–water partition coefficient (Wildman–Crippen LogP) is 1.29. The van der Waals surface area contributed by atoms with E-state index in [1.54, 1.807) is 0 Å². The Balaban J connectivity index is 2.37. The van der Waals surface area contributed by atoms with Crippen molar-refractivity contribution >= 4 is 6.03 Å². The molecule has 3 nitrogen and oxygen atoms in total. The van der Waals surface area contributed by atoms with Gasteiger partial charge in [-0.05, 0) is 26.3 Å². The van der Waals surface area contributed by atoms with Crippen LogP contribution in [0.5, 0.6) is 0 Å². The first-order valence-corrected chi connectivity index (χ1v) is 4.08. The Bertz CT molecular complexity index is 304. The van der Waals surface area contributed by atoms with E-state index in [0.717, 1.165) is 12.1 Å². The molecule has 3 heteroatoms. The molecule has 2 rings (SSSR count). The molecule has 1 fully saturated rings. The molecule has 0 saturated carbocycles. The zero-order chi connectivity index (χ0) is 8.77. The van der Waals surface area contributed by atoms with Crippen molar-refractivity contribution in [2.45, 2.75) is 25.8 Å². The summed E-state index contributed by atoms with van der Waals surface area (Å²) < 4.78 is 0. The summed E-state index contributed by atoms with van der Waals surface area (Å²) in [5, 5.41) is 5.69. The van der Waals surface area contributed by atoms with E-state index in [4.69, 9.17) is 0 Å². The molecule has 1 atom stereocenters. The SMILES string of the molecule is CC1=CCC2(C)NC(=O)NC2=C1. The maximum atomic E-state index is 11.0. The molecule has 0 aromatic rings. The molecule has 0 spiro atoms. The van der Waals surface area contributed by atoms with Crippen molar-refractivity contribution in [3.8, 4) is 0 Å². The van der Waals surface area contributed by atoms with E-state index >= 15 is 0 Å². The van der Waals surface area contributed by atoms with Crippen LogP contribution in [-0.4, -0.2) is 11.6 Å². The predicted molar refractivity (Wildman–Crippen MR) is 46.5 cm³/mol. The van der Waals surface area contributed by atoms with E-state index in [9.17, 15) is 4.79 Å². The van der Waals surface area contributed by atoms with Crippen molar-refractivity contribution in [1.29, 1.82) is 0 Å². The lowest BCUT2D eigenvalue weighted by molar-refractivity contribution is 0.245. The topological polar surface area (TPSA) is 41.1 Å². The minimum atomic E-state index is -0.184. The Morgan fingerprint density at radius 1 is 1.58 bits per heavy atom. The van der Waals surface area contributed by atoms with Crippen LogP contribution >= 0.6 is 0 Å². The number of hydrogen-bond donors (Lipinski definition) is 2. The van der Waals surface area contributed by atoms with E-state index in [2.05, 4.69) is 16.7 Å². The quantitative estimate of drug-likeness (QED) is 0.556. The second-order valence-corrected chi connectivity index (χ2v) is 3.62. The molecule has 0 radical (unpaired) electrons. The first-order chi connectivity index (χ1) is 5.60. The average molecular weight is 164 g/mol. The van der Waals surface area contributed by atoms with Gasteiger partial charge >= 0.3 is 6.03 Å². The van der Waals surface area contributed by atoms with Gasteiger partial charge in [0, 0.05) is 5.70 Å². The molecule has 2 amide bonds. The maximum absolute atomic E-state index is 11.0. The average Bonchev–Trinajstić information content (AvgIpc) is 2.24. The fraction of sp³-hybridized carbons (Fsp3) is 0.444. The van der Waals surface area contributed by atoms with E-state index < -0.39 is 0 Å². The standard InChI is InChI=1S/C9H12N2O/c1-6-3-4-9(2)7(5-6)10-8(12)11-9/h3,5H,4H2,1-2H3,(H2,10,11,12). The van der Waals surface area contributed by atoms with E-state index in [1.165, 1.54) is 5.57 Å². The van der Waals surface area contributed by atoms with E-state index in [1.807, 2.05) is 19.9 Å². The molecule has 1 aliphatic heterocycles. The molecule has 1 unspecified atom stereocenters. The van der Waals surface area contributed by atoms with Crippen LogP contribution in [0.2, 0.25) is 0 Å². The van der Waals surface area contributed by atoms with Gasteiger partial charge < -0.3 is 10.6 Å². The highest BCUT2D eigenvalue weighted by atomic mass is 16.2. The summed E-state index contributed by atoms with van der Waals surface area (Å²) in [5.74, 6) is 0. The summed E-state index contributed by atoms with van der Waals surface area (Å²) in [4.78, 5) is 11.0. The highest BCUT2D eigenvalue weighted by Crippen LogP contribution is 2.29. The molecule has 1 aliphatic carbocycles. The molecular weight excluding hydrogens is 152 g/mol. The number of fused-ring (bicyclic) bond motifs is 1. The maximum Gasteiger partial charge on any atom is 0.319 e. The van der Waals surface area contributed by atoms with Gasteiger partial charge in [0.1, 0.15) is 0 Å². The molecule has 0 bridgehead atoms. The number of hydrogen-bond acceptors (Lipinski definition) is 1. The second kappa shape index (κ2) is 2.12. The van der Waals surface area contributed by atoms with Gasteiger partial charge in [0.2, 0.25) is 0 Å². The summed E-state index contributed by atoms with van der Waals surface area (Å²) in [6.45, 7) is 4.07. The number of allylic oxidation sites excluding steroid dienone is 2. The fourth-order valence-corrected chi connectivity index (χ4v) is 1.62. The lowest BCUT2D eigenvalue weighted by Crippen LogP contribution is -2.39. The smallest absolute Gasteiger partial charge is 0.319 e. The normalized spacial score (nSPS) is 33.0. The third-order valence-electron chi connectivity index (χ3n) is 2.44. The number of urea groups is 1. The molecule has 64 valence electrons. The van der Waals surface area contributed by atoms with Gasteiger partial charge in [-0.15, -0.1) is 0 Å². The van der Waals surface area contributed by atoms with Gasteiger partial charge in [-0.25, -0.2) is 4.79 Å². The van der Waals surface area contributed by atoms with Crippen molar-refractivity contribution in [2.75, 3.05) is 0 Å². The number of carbonyl (C=O) groups excluding carboxylic acids is 1. The number of nitrogens with one attached hydrogen (secondary N) is 2. The number of amides is 2. The number of rotatable bonds is 0. The van der Waals surface area contributed by atoms with Crippen LogP contribution in [0.1, 0.15) is 20.3 Å². The van der Waals surface area contributed by atoms with Gasteiger partial charge in [0.15, 0.2) is 0 Å². The van der Waals surface area contributed by atoms with Crippen LogP contribution < -0.4 is 10.6 Å². The van der Waals surface area contributed by atoms with Crippen molar-refractivity contribution in [3.63, 3.8) is 0 Å². The first kappa shape index (κ1) is 7.40. The van der Waals surface area contributed by atoms with Crippen molar-refractivity contribution in [3.05, 3.63) is 23.4 Å². The van der Waals surface area contributed by atoms with Gasteiger partial charge in [-0.2, -0.15) is 0 Å². The summed E-state index contributed by atoms with van der Waals surface area (Å²) in [5.41, 5.74) is 2.02. The summed E-state index contributed by atoms with van der Waals surface area (Å²) in [6.07, 6.45) is 5.03. The molecule has 12 heavy (non-hydrogen) atoms. The molecule has 0 aromatic heterocycles. The third kappa shape index (κ3) is 0.932. The molecule has 1 saturated heterocycles. The van der Waals surface area contributed by atoms with Gasteiger partial charge in [0.05, 0.1) is 5.54 Å². The van der Waals surface area contributed by atoms with E-state index in [0.29, 0.717) is 0 Å². The minimum Gasteiger partial charge on any atom is -0.327 e. The summed E-state index contributed by atoms with van der Waals surface area (Å²) >= 11 is 0. The highest BCUT2D eigenvalue weighted by molar-refractivity contribution is 5.82. The van der Waals surface area contributed by atoms with Crippen molar-refractivity contribution < 1.29 is 4.79 Å². The lowest BCUT2D eigenvalue weighted by Gasteiger charge is -2.26. The summed E-state index contributed by atoms with van der Waals surface area (Å²) in [6, 6.07) is -0.0909. The largest absolute Gasteiger partial charge is 0.327 e. The Kier molecular flexibility index (Phi) is 1.31. The van der Waals surface area contributed by atoms with Gasteiger partial charge in [-0.3, -0.25) is 0 Å². The van der Waals surface area contributed by atoms with Crippen LogP contribution in [0.3, 0.4) is 0 Å². The molecular formula is C9H12N2O. The lowest BCUT2D eigenvalue weighted by atomic mass is 9.89. The molecule has 2 N–H and O–H groups in total. The van der Waals surface area contributed by atoms with Gasteiger partial charge in [-0.1, -0.05) is 11.6 Å². The highest BCUT2D eigenvalue weighted by Gasteiger charge is 2.38. The molecule has 1 heterocycles. The fourth-order valence-electron chi connectivity index (χ4n) is 1.62. The van der Waals surface area contributed by atoms with Crippen LogP contribution in [-0.2, 0) is 0 Å². The van der Waals surface area contributed by atoms with Crippen LogP contribution in [0.15, 0.2) is 23.4 Å². The summed E-state index contributed by atoms with van der Waals surface area (Å²) in [7, 11) is 0. The van der Waals surface area contributed by atoms with Crippen LogP contribution in [0.25, 0.3) is 0 Å². The number of carbonyl (C=O) groups is 1. The zero-order valence-electron chi connectivity index (χ0n) is 7.27. The zero-order valence-corrected chi connectivity index (χ0v) is 7.27. The molecule has 0 aromatic carbocycles. The third-order valence-corrected chi connectivity index (χ3v) is 2.44.